The molecular formula is C21H20N6O2S. The van der Waals surface area contributed by atoms with E-state index in [1.165, 1.54) is 16.4 Å². The molecule has 152 valence electrons. The number of nitrogens with zero attached hydrogens (tertiary/aromatic N) is 5. The fourth-order valence-electron chi connectivity index (χ4n) is 3.21. The molecule has 0 saturated carbocycles. The van der Waals surface area contributed by atoms with Gasteiger partial charge in [0, 0.05) is 43.3 Å². The molecule has 0 aliphatic rings. The van der Waals surface area contributed by atoms with Crippen molar-refractivity contribution in [2.24, 2.45) is 10.2 Å². The molecule has 0 bridgehead atoms. The van der Waals surface area contributed by atoms with Crippen LogP contribution in [0.3, 0.4) is 0 Å². The van der Waals surface area contributed by atoms with E-state index in [0.29, 0.717) is 33.7 Å². The number of hydrogen-bond donors (Lipinski definition) is 2. The standard InChI is InChI=1S/C21H20N6O2S/c1-4-22-15-9-5-7-12-17(15)16(11-14(18(12)28)21(29)27(2)3)24-25-20-13-8-6-10-23-19(13)26-30-20/h5-11,22,28H,4H2,1-3H3/b25-24+. The fraction of sp³-hybridized carbons (Fsp3) is 0.190. The van der Waals surface area contributed by atoms with Crippen molar-refractivity contribution in [3.8, 4) is 5.75 Å². The van der Waals surface area contributed by atoms with E-state index in [1.807, 2.05) is 31.2 Å². The van der Waals surface area contributed by atoms with Crippen LogP contribution in [-0.2, 0) is 0 Å². The lowest BCUT2D eigenvalue weighted by Gasteiger charge is -2.16. The van der Waals surface area contributed by atoms with Gasteiger partial charge in [0.25, 0.3) is 5.91 Å². The van der Waals surface area contributed by atoms with E-state index in [9.17, 15) is 9.90 Å². The molecule has 0 aliphatic carbocycles. The van der Waals surface area contributed by atoms with Crippen LogP contribution in [0.15, 0.2) is 52.8 Å². The molecular weight excluding hydrogens is 400 g/mol. The number of pyridine rings is 1. The second kappa shape index (κ2) is 8.03. The summed E-state index contributed by atoms with van der Waals surface area (Å²) in [4.78, 5) is 18.3. The maximum absolute atomic E-state index is 12.6. The Bertz CT molecular complexity index is 1280. The topological polar surface area (TPSA) is 103 Å². The monoisotopic (exact) mass is 420 g/mol. The van der Waals surface area contributed by atoms with Crippen LogP contribution in [0.25, 0.3) is 21.8 Å². The summed E-state index contributed by atoms with van der Waals surface area (Å²) in [6.07, 6.45) is 1.68. The Hall–Kier alpha value is -3.59. The summed E-state index contributed by atoms with van der Waals surface area (Å²) in [5.41, 5.74) is 2.07. The molecule has 2 N–H and O–H groups in total. The fourth-order valence-corrected chi connectivity index (χ4v) is 3.87. The predicted octanol–water partition coefficient (Wildman–Crippen LogP) is 5.10. The highest BCUT2D eigenvalue weighted by molar-refractivity contribution is 7.11. The number of phenolic OH excluding ortho intramolecular Hbond substituents is 1. The Balaban J connectivity index is 1.94. The van der Waals surface area contributed by atoms with E-state index in [-0.39, 0.29) is 17.2 Å². The lowest BCUT2D eigenvalue weighted by atomic mass is 10.0. The Morgan fingerprint density at radius 1 is 1.20 bits per heavy atom. The van der Waals surface area contributed by atoms with Crippen LogP contribution in [-0.4, -0.2) is 45.9 Å². The van der Waals surface area contributed by atoms with Crippen molar-refractivity contribution in [1.82, 2.24) is 14.3 Å². The van der Waals surface area contributed by atoms with Gasteiger partial charge in [0.1, 0.15) is 5.75 Å². The summed E-state index contributed by atoms with van der Waals surface area (Å²) in [6, 6.07) is 10.8. The third-order valence-electron chi connectivity index (χ3n) is 4.60. The van der Waals surface area contributed by atoms with Gasteiger partial charge in [-0.2, -0.15) is 4.37 Å². The molecule has 0 fully saturated rings. The van der Waals surface area contributed by atoms with Crippen LogP contribution in [0.2, 0.25) is 0 Å². The molecule has 4 aromatic rings. The minimum atomic E-state index is -0.313. The molecule has 2 aromatic heterocycles. The van der Waals surface area contributed by atoms with Gasteiger partial charge in [-0.05, 0) is 42.7 Å². The molecule has 0 spiro atoms. The van der Waals surface area contributed by atoms with Crippen LogP contribution < -0.4 is 5.32 Å². The van der Waals surface area contributed by atoms with Gasteiger partial charge in [-0.3, -0.25) is 4.79 Å². The lowest BCUT2D eigenvalue weighted by Crippen LogP contribution is -2.21. The van der Waals surface area contributed by atoms with E-state index < -0.39 is 0 Å². The Morgan fingerprint density at radius 2 is 2.00 bits per heavy atom. The molecule has 2 aromatic carbocycles. The normalized spacial score (nSPS) is 11.4. The molecule has 0 unspecified atom stereocenters. The summed E-state index contributed by atoms with van der Waals surface area (Å²) in [6.45, 7) is 2.68. The third-order valence-corrected chi connectivity index (χ3v) is 5.34. The van der Waals surface area contributed by atoms with E-state index in [2.05, 4.69) is 24.9 Å². The van der Waals surface area contributed by atoms with E-state index in [0.717, 1.165) is 11.1 Å². The first kappa shape index (κ1) is 19.7. The molecule has 9 heteroatoms. The molecule has 2 heterocycles. The summed E-state index contributed by atoms with van der Waals surface area (Å²) >= 11 is 1.21. The van der Waals surface area contributed by atoms with Gasteiger partial charge in [0.05, 0.1) is 16.6 Å². The first-order chi connectivity index (χ1) is 14.5. The smallest absolute Gasteiger partial charge is 0.257 e. The highest BCUT2D eigenvalue weighted by Crippen LogP contribution is 2.41. The van der Waals surface area contributed by atoms with E-state index in [1.54, 1.807) is 32.4 Å². The number of aromatic nitrogens is 2. The van der Waals surface area contributed by atoms with Gasteiger partial charge in [-0.25, -0.2) is 4.98 Å². The number of nitrogens with one attached hydrogen (secondary N) is 1. The maximum atomic E-state index is 12.6. The van der Waals surface area contributed by atoms with Gasteiger partial charge in [0.15, 0.2) is 10.6 Å². The Kier molecular flexibility index (Phi) is 5.28. The number of fused-ring (bicyclic) bond motifs is 2. The molecule has 8 nitrogen and oxygen atoms in total. The first-order valence-electron chi connectivity index (χ1n) is 9.37. The van der Waals surface area contributed by atoms with Gasteiger partial charge in [-0.15, -0.1) is 10.2 Å². The average molecular weight is 420 g/mol. The van der Waals surface area contributed by atoms with Gasteiger partial charge in [-0.1, -0.05) is 12.1 Å². The zero-order valence-electron chi connectivity index (χ0n) is 16.7. The summed E-state index contributed by atoms with van der Waals surface area (Å²) < 4.78 is 4.29. The minimum Gasteiger partial charge on any atom is -0.506 e. The Morgan fingerprint density at radius 3 is 2.77 bits per heavy atom. The van der Waals surface area contributed by atoms with Crippen molar-refractivity contribution >= 4 is 55.6 Å². The van der Waals surface area contributed by atoms with Crippen molar-refractivity contribution in [3.63, 3.8) is 0 Å². The van der Waals surface area contributed by atoms with E-state index in [4.69, 9.17) is 0 Å². The predicted molar refractivity (Wildman–Crippen MR) is 119 cm³/mol. The van der Waals surface area contributed by atoms with Gasteiger partial charge < -0.3 is 15.3 Å². The number of carbonyl (C=O) groups excluding carboxylic acids is 1. The van der Waals surface area contributed by atoms with Crippen molar-refractivity contribution in [2.75, 3.05) is 26.0 Å². The van der Waals surface area contributed by atoms with Crippen LogP contribution in [0, 0.1) is 0 Å². The zero-order chi connectivity index (χ0) is 21.3. The van der Waals surface area contributed by atoms with Crippen molar-refractivity contribution in [1.29, 1.82) is 0 Å². The number of amides is 1. The molecule has 0 atom stereocenters. The number of benzene rings is 2. The summed E-state index contributed by atoms with van der Waals surface area (Å²) in [5.74, 6) is -0.387. The average Bonchev–Trinajstić information content (AvgIpc) is 3.16. The SMILES string of the molecule is CCNc1cccc2c(O)c(C(=O)N(C)C)cc(/N=N/c3snc4ncccc34)c12. The molecule has 30 heavy (non-hydrogen) atoms. The number of hydrogen-bond acceptors (Lipinski definition) is 8. The molecule has 0 radical (unpaired) electrons. The lowest BCUT2D eigenvalue weighted by molar-refractivity contribution is 0.0825. The Labute approximate surface area is 177 Å². The second-order valence-corrected chi connectivity index (χ2v) is 7.56. The number of anilines is 1. The molecule has 4 rings (SSSR count). The third kappa shape index (κ3) is 3.43. The molecule has 1 amide bonds. The van der Waals surface area contributed by atoms with Crippen molar-refractivity contribution in [2.45, 2.75) is 6.92 Å². The van der Waals surface area contributed by atoms with E-state index >= 15 is 0 Å². The molecule has 0 saturated heterocycles. The van der Waals surface area contributed by atoms with Crippen LogP contribution in [0.1, 0.15) is 17.3 Å². The second-order valence-electron chi connectivity index (χ2n) is 6.81. The van der Waals surface area contributed by atoms with Crippen molar-refractivity contribution in [3.05, 3.63) is 48.2 Å². The first-order valence-corrected chi connectivity index (χ1v) is 10.1. The highest BCUT2D eigenvalue weighted by atomic mass is 32.1. The van der Waals surface area contributed by atoms with Crippen LogP contribution in [0.4, 0.5) is 16.4 Å². The number of carbonyl (C=O) groups is 1. The largest absolute Gasteiger partial charge is 0.506 e. The quantitative estimate of drug-likeness (QED) is 0.437. The number of aromatic hydroxyl groups is 1. The summed E-state index contributed by atoms with van der Waals surface area (Å²) in [5, 5.41) is 25.6. The minimum absolute atomic E-state index is 0.0742. The summed E-state index contributed by atoms with van der Waals surface area (Å²) in [7, 11) is 3.28. The molecule has 0 aliphatic heterocycles. The van der Waals surface area contributed by atoms with Gasteiger partial charge >= 0.3 is 0 Å². The highest BCUT2D eigenvalue weighted by Gasteiger charge is 2.20. The van der Waals surface area contributed by atoms with Crippen LogP contribution in [0.5, 0.6) is 5.75 Å². The number of azo groups is 1. The van der Waals surface area contributed by atoms with Gasteiger partial charge in [0.2, 0.25) is 0 Å². The number of rotatable bonds is 5. The number of phenols is 1. The maximum Gasteiger partial charge on any atom is 0.257 e. The van der Waals surface area contributed by atoms with Crippen molar-refractivity contribution < 1.29 is 9.90 Å². The zero-order valence-corrected chi connectivity index (χ0v) is 17.6. The van der Waals surface area contributed by atoms with Crippen LogP contribution >= 0.6 is 11.5 Å².